The minimum absolute atomic E-state index is 0.0978. The van der Waals surface area contributed by atoms with Gasteiger partial charge in [-0.25, -0.2) is 0 Å². The van der Waals surface area contributed by atoms with Crippen molar-refractivity contribution in [1.82, 2.24) is 10.2 Å². The van der Waals surface area contributed by atoms with Gasteiger partial charge in [-0.3, -0.25) is 0 Å². The predicted octanol–water partition coefficient (Wildman–Crippen LogP) is 3.42. The molecule has 0 amide bonds. The van der Waals surface area contributed by atoms with Gasteiger partial charge in [0.15, 0.2) is 0 Å². The van der Waals surface area contributed by atoms with E-state index in [9.17, 15) is 5.11 Å². The number of likely N-dealkylation sites (N-methyl/N-ethyl adjacent to an activating group) is 1. The van der Waals surface area contributed by atoms with Crippen molar-refractivity contribution in [2.75, 3.05) is 26.2 Å². The highest BCUT2D eigenvalue weighted by molar-refractivity contribution is 4.81. The maximum atomic E-state index is 9.49. The van der Waals surface area contributed by atoms with Crippen LogP contribution in [-0.2, 0) is 0 Å². The van der Waals surface area contributed by atoms with Gasteiger partial charge in [0, 0.05) is 11.6 Å². The lowest BCUT2D eigenvalue weighted by atomic mass is 9.95. The fraction of sp³-hybridized carbons (Fsp3) is 1.00. The Morgan fingerprint density at radius 2 is 1.75 bits per heavy atom. The predicted molar refractivity (Wildman–Crippen MR) is 89.3 cm³/mol. The van der Waals surface area contributed by atoms with Gasteiger partial charge in [-0.05, 0) is 59.2 Å². The van der Waals surface area contributed by atoms with Crippen LogP contribution >= 0.6 is 0 Å². The number of aliphatic hydroxyl groups excluding tert-OH is 1. The number of rotatable bonds is 13. The Morgan fingerprint density at radius 1 is 1.10 bits per heavy atom. The minimum atomic E-state index is -0.0978. The Morgan fingerprint density at radius 3 is 2.25 bits per heavy atom. The lowest BCUT2D eigenvalue weighted by Crippen LogP contribution is -2.45. The summed E-state index contributed by atoms with van der Waals surface area (Å²) < 4.78 is 0. The summed E-state index contributed by atoms with van der Waals surface area (Å²) in [5.74, 6) is 0. The van der Waals surface area contributed by atoms with Crippen LogP contribution in [0, 0.1) is 0 Å². The zero-order valence-electron chi connectivity index (χ0n) is 14.5. The van der Waals surface area contributed by atoms with Crippen molar-refractivity contribution in [2.45, 2.75) is 84.7 Å². The molecule has 3 heteroatoms. The average molecular weight is 287 g/mol. The van der Waals surface area contributed by atoms with Gasteiger partial charge in [0.2, 0.25) is 0 Å². The monoisotopic (exact) mass is 286 g/mol. The maximum Gasteiger partial charge on any atom is 0.0610 e. The molecule has 0 bridgehead atoms. The summed E-state index contributed by atoms with van der Waals surface area (Å²) in [6.45, 7) is 14.7. The molecular formula is C17H38N2O. The van der Waals surface area contributed by atoms with Crippen LogP contribution in [0.15, 0.2) is 0 Å². The number of hydrogen-bond acceptors (Lipinski definition) is 3. The Bertz CT molecular complexity index is 223. The van der Waals surface area contributed by atoms with E-state index in [1.54, 1.807) is 0 Å². The van der Waals surface area contributed by atoms with E-state index in [0.717, 1.165) is 13.0 Å². The van der Waals surface area contributed by atoms with E-state index in [1.165, 1.54) is 45.2 Å². The summed E-state index contributed by atoms with van der Waals surface area (Å²) in [7, 11) is 0. The standard InChI is InChI=1S/C17H38N2O/c1-6-9-13-19(16(4)7-2)14-11-10-12-17(5,15-20)18-8-3/h16,18,20H,6-15H2,1-5H3. The zero-order valence-corrected chi connectivity index (χ0v) is 14.5. The summed E-state index contributed by atoms with van der Waals surface area (Å²) in [4.78, 5) is 2.63. The van der Waals surface area contributed by atoms with Crippen molar-refractivity contribution < 1.29 is 5.11 Å². The highest BCUT2D eigenvalue weighted by Crippen LogP contribution is 2.15. The molecule has 0 saturated carbocycles. The molecule has 0 aliphatic rings. The van der Waals surface area contributed by atoms with Crippen LogP contribution in [0.5, 0.6) is 0 Å². The number of nitrogens with one attached hydrogen (secondary N) is 1. The molecule has 0 aromatic rings. The molecule has 122 valence electrons. The van der Waals surface area contributed by atoms with E-state index in [-0.39, 0.29) is 12.1 Å². The third kappa shape index (κ3) is 8.23. The lowest BCUT2D eigenvalue weighted by molar-refractivity contribution is 0.158. The van der Waals surface area contributed by atoms with Crippen molar-refractivity contribution in [3.8, 4) is 0 Å². The molecule has 20 heavy (non-hydrogen) atoms. The topological polar surface area (TPSA) is 35.5 Å². The number of nitrogens with zero attached hydrogens (tertiary/aromatic N) is 1. The van der Waals surface area contributed by atoms with Crippen LogP contribution in [0.1, 0.15) is 73.1 Å². The van der Waals surface area contributed by atoms with E-state index >= 15 is 0 Å². The molecule has 2 N–H and O–H groups in total. The first-order chi connectivity index (χ1) is 9.52. The van der Waals surface area contributed by atoms with Crippen LogP contribution in [0.4, 0.5) is 0 Å². The Kier molecular flexibility index (Phi) is 11.5. The van der Waals surface area contributed by atoms with Crippen LogP contribution in [0.25, 0.3) is 0 Å². The van der Waals surface area contributed by atoms with Gasteiger partial charge in [0.05, 0.1) is 6.61 Å². The molecule has 0 heterocycles. The molecule has 0 rings (SSSR count). The second-order valence-corrected chi connectivity index (χ2v) is 6.35. The van der Waals surface area contributed by atoms with Gasteiger partial charge in [0.1, 0.15) is 0 Å². The fourth-order valence-electron chi connectivity index (χ4n) is 2.65. The highest BCUT2D eigenvalue weighted by atomic mass is 16.3. The Labute approximate surface area is 127 Å². The molecule has 3 nitrogen and oxygen atoms in total. The first kappa shape index (κ1) is 19.9. The smallest absolute Gasteiger partial charge is 0.0610 e. The van der Waals surface area contributed by atoms with Crippen LogP contribution in [0.3, 0.4) is 0 Å². The normalized spacial score (nSPS) is 16.4. The highest BCUT2D eigenvalue weighted by Gasteiger charge is 2.21. The summed E-state index contributed by atoms with van der Waals surface area (Å²) in [6, 6.07) is 0.694. The summed E-state index contributed by atoms with van der Waals surface area (Å²) in [6.07, 6.45) is 7.28. The second kappa shape index (κ2) is 11.5. The molecule has 0 spiro atoms. The molecule has 0 aliphatic heterocycles. The van der Waals surface area contributed by atoms with Gasteiger partial charge in [-0.2, -0.15) is 0 Å². The van der Waals surface area contributed by atoms with Crippen LogP contribution in [-0.4, -0.2) is 47.8 Å². The van der Waals surface area contributed by atoms with E-state index in [0.29, 0.717) is 6.04 Å². The van der Waals surface area contributed by atoms with Gasteiger partial charge < -0.3 is 15.3 Å². The van der Waals surface area contributed by atoms with E-state index < -0.39 is 0 Å². The second-order valence-electron chi connectivity index (χ2n) is 6.35. The largest absolute Gasteiger partial charge is 0.394 e. The molecular weight excluding hydrogens is 248 g/mol. The van der Waals surface area contributed by atoms with Gasteiger partial charge in [0.25, 0.3) is 0 Å². The molecule has 0 fully saturated rings. The summed E-state index contributed by atoms with van der Waals surface area (Å²) >= 11 is 0. The zero-order chi connectivity index (χ0) is 15.4. The Balaban J connectivity index is 4.03. The minimum Gasteiger partial charge on any atom is -0.394 e. The van der Waals surface area contributed by atoms with Crippen molar-refractivity contribution >= 4 is 0 Å². The third-order valence-corrected chi connectivity index (χ3v) is 4.39. The first-order valence-electron chi connectivity index (χ1n) is 8.62. The molecule has 0 aliphatic carbocycles. The Hall–Kier alpha value is -0.120. The molecule has 0 aromatic carbocycles. The summed E-state index contributed by atoms with van der Waals surface area (Å²) in [5, 5.41) is 12.9. The average Bonchev–Trinajstić information content (AvgIpc) is 2.46. The first-order valence-corrected chi connectivity index (χ1v) is 8.62. The molecule has 0 aromatic heterocycles. The quantitative estimate of drug-likeness (QED) is 0.509. The maximum absolute atomic E-state index is 9.49. The molecule has 0 radical (unpaired) electrons. The van der Waals surface area contributed by atoms with E-state index in [2.05, 4.69) is 44.8 Å². The number of unbranched alkanes of at least 4 members (excludes halogenated alkanes) is 2. The van der Waals surface area contributed by atoms with Crippen molar-refractivity contribution in [2.24, 2.45) is 0 Å². The SMILES string of the molecule is CCCCN(CCCCC(C)(CO)NCC)C(C)CC. The van der Waals surface area contributed by atoms with Gasteiger partial charge in [-0.15, -0.1) is 0 Å². The van der Waals surface area contributed by atoms with Crippen molar-refractivity contribution in [3.63, 3.8) is 0 Å². The number of hydrogen-bond donors (Lipinski definition) is 2. The fourth-order valence-corrected chi connectivity index (χ4v) is 2.65. The van der Waals surface area contributed by atoms with Crippen molar-refractivity contribution in [3.05, 3.63) is 0 Å². The van der Waals surface area contributed by atoms with E-state index in [1.807, 2.05) is 0 Å². The van der Waals surface area contributed by atoms with E-state index in [4.69, 9.17) is 0 Å². The lowest BCUT2D eigenvalue weighted by Gasteiger charge is -2.30. The molecule has 0 saturated heterocycles. The summed E-state index contributed by atoms with van der Waals surface area (Å²) in [5.41, 5.74) is -0.0978. The van der Waals surface area contributed by atoms with Crippen molar-refractivity contribution in [1.29, 1.82) is 0 Å². The van der Waals surface area contributed by atoms with Crippen LogP contribution in [0.2, 0.25) is 0 Å². The molecule has 2 unspecified atom stereocenters. The van der Waals surface area contributed by atoms with Gasteiger partial charge >= 0.3 is 0 Å². The number of aliphatic hydroxyl groups is 1. The molecule has 2 atom stereocenters. The third-order valence-electron chi connectivity index (χ3n) is 4.39. The van der Waals surface area contributed by atoms with Gasteiger partial charge in [-0.1, -0.05) is 33.6 Å². The van der Waals surface area contributed by atoms with Crippen LogP contribution < -0.4 is 5.32 Å².